The standard InChI is InChI=1S/C18H21NO5/c1-21-15-3-5-16(6-4-15)22-11-14(20)10-19-9-13-2-7-17-18(8-13)24-12-23-17/h2-8,14,19-20H,9-12H2,1H3. The van der Waals surface area contributed by atoms with Gasteiger partial charge in [0.25, 0.3) is 0 Å². The van der Waals surface area contributed by atoms with Gasteiger partial charge in [0.1, 0.15) is 24.2 Å². The van der Waals surface area contributed by atoms with Gasteiger partial charge in [-0.1, -0.05) is 6.07 Å². The number of aliphatic hydroxyl groups excluding tert-OH is 1. The molecule has 3 rings (SSSR count). The van der Waals surface area contributed by atoms with Crippen molar-refractivity contribution in [2.45, 2.75) is 12.6 Å². The van der Waals surface area contributed by atoms with E-state index in [1.54, 1.807) is 7.11 Å². The highest BCUT2D eigenvalue weighted by molar-refractivity contribution is 5.44. The first kappa shape index (κ1) is 16.4. The zero-order valence-electron chi connectivity index (χ0n) is 13.5. The number of methoxy groups -OCH3 is 1. The van der Waals surface area contributed by atoms with Crippen LogP contribution in [0.25, 0.3) is 0 Å². The molecule has 0 amide bonds. The molecule has 1 atom stereocenters. The molecule has 0 fully saturated rings. The van der Waals surface area contributed by atoms with Gasteiger partial charge in [-0.05, 0) is 42.0 Å². The molecule has 0 saturated heterocycles. The molecule has 0 bridgehead atoms. The van der Waals surface area contributed by atoms with E-state index in [9.17, 15) is 5.11 Å². The van der Waals surface area contributed by atoms with Gasteiger partial charge < -0.3 is 29.4 Å². The summed E-state index contributed by atoms with van der Waals surface area (Å²) in [4.78, 5) is 0. The van der Waals surface area contributed by atoms with Crippen molar-refractivity contribution < 1.29 is 24.1 Å². The summed E-state index contributed by atoms with van der Waals surface area (Å²) in [6.45, 7) is 1.56. The fourth-order valence-electron chi connectivity index (χ4n) is 2.36. The number of benzene rings is 2. The highest BCUT2D eigenvalue weighted by atomic mass is 16.7. The molecular formula is C18H21NO5. The van der Waals surface area contributed by atoms with Gasteiger partial charge in [0.15, 0.2) is 11.5 Å². The van der Waals surface area contributed by atoms with Crippen LogP contribution in [0.4, 0.5) is 0 Å². The Hall–Kier alpha value is -2.44. The number of aliphatic hydroxyl groups is 1. The van der Waals surface area contributed by atoms with Gasteiger partial charge >= 0.3 is 0 Å². The van der Waals surface area contributed by atoms with Crippen molar-refractivity contribution in [2.75, 3.05) is 27.1 Å². The summed E-state index contributed by atoms with van der Waals surface area (Å²) in [5, 5.41) is 13.2. The van der Waals surface area contributed by atoms with Gasteiger partial charge in [-0.2, -0.15) is 0 Å². The van der Waals surface area contributed by atoms with Crippen molar-refractivity contribution in [3.8, 4) is 23.0 Å². The minimum Gasteiger partial charge on any atom is -0.497 e. The molecule has 0 spiro atoms. The summed E-state index contributed by atoms with van der Waals surface area (Å²) in [7, 11) is 1.62. The molecule has 24 heavy (non-hydrogen) atoms. The molecular weight excluding hydrogens is 310 g/mol. The molecule has 2 aromatic rings. The smallest absolute Gasteiger partial charge is 0.231 e. The highest BCUT2D eigenvalue weighted by Crippen LogP contribution is 2.32. The van der Waals surface area contributed by atoms with Crippen molar-refractivity contribution in [3.05, 3.63) is 48.0 Å². The fraction of sp³-hybridized carbons (Fsp3) is 0.333. The SMILES string of the molecule is COc1ccc(OCC(O)CNCc2ccc3c(c2)OCO3)cc1. The Labute approximate surface area is 140 Å². The van der Waals surface area contributed by atoms with Crippen LogP contribution in [0, 0.1) is 0 Å². The second-order valence-corrected chi connectivity index (χ2v) is 5.46. The highest BCUT2D eigenvalue weighted by Gasteiger charge is 2.13. The minimum atomic E-state index is -0.596. The maximum Gasteiger partial charge on any atom is 0.231 e. The van der Waals surface area contributed by atoms with Gasteiger partial charge in [0.2, 0.25) is 6.79 Å². The predicted octanol–water partition coefficient (Wildman–Crippen LogP) is 1.95. The Balaban J connectivity index is 1.38. The van der Waals surface area contributed by atoms with E-state index in [0.717, 1.165) is 22.8 Å². The molecule has 0 aromatic heterocycles. The summed E-state index contributed by atoms with van der Waals surface area (Å²) in [5.41, 5.74) is 1.07. The van der Waals surface area contributed by atoms with Crippen LogP contribution in [0.3, 0.4) is 0 Å². The number of rotatable bonds is 8. The second kappa shape index (κ2) is 7.90. The number of fused-ring (bicyclic) bond motifs is 1. The molecule has 128 valence electrons. The molecule has 6 heteroatoms. The summed E-state index contributed by atoms with van der Waals surface area (Å²) in [6, 6.07) is 13.1. The molecule has 2 aromatic carbocycles. The summed E-state index contributed by atoms with van der Waals surface area (Å²) < 4.78 is 21.3. The second-order valence-electron chi connectivity index (χ2n) is 5.46. The van der Waals surface area contributed by atoms with E-state index in [0.29, 0.717) is 18.8 Å². The van der Waals surface area contributed by atoms with Crippen LogP contribution >= 0.6 is 0 Å². The Morgan fingerprint density at radius 2 is 1.83 bits per heavy atom. The first-order valence-electron chi connectivity index (χ1n) is 7.79. The normalized spacial score (nSPS) is 13.6. The van der Waals surface area contributed by atoms with Crippen LogP contribution in [-0.2, 0) is 6.54 Å². The molecule has 1 aliphatic heterocycles. The van der Waals surface area contributed by atoms with Crippen LogP contribution < -0.4 is 24.3 Å². The number of nitrogens with one attached hydrogen (secondary N) is 1. The van der Waals surface area contributed by atoms with E-state index in [1.165, 1.54) is 0 Å². The molecule has 2 N–H and O–H groups in total. The first-order valence-corrected chi connectivity index (χ1v) is 7.79. The van der Waals surface area contributed by atoms with Crippen LogP contribution in [0.2, 0.25) is 0 Å². The van der Waals surface area contributed by atoms with Gasteiger partial charge in [-0.15, -0.1) is 0 Å². The monoisotopic (exact) mass is 331 g/mol. The Kier molecular flexibility index (Phi) is 5.40. The maximum absolute atomic E-state index is 9.99. The van der Waals surface area contributed by atoms with Crippen LogP contribution in [0.15, 0.2) is 42.5 Å². The van der Waals surface area contributed by atoms with E-state index in [1.807, 2.05) is 42.5 Å². The van der Waals surface area contributed by atoms with E-state index >= 15 is 0 Å². The Bertz CT molecular complexity index is 659. The molecule has 6 nitrogen and oxygen atoms in total. The summed E-state index contributed by atoms with van der Waals surface area (Å²) >= 11 is 0. The third kappa shape index (κ3) is 4.31. The van der Waals surface area contributed by atoms with Crippen molar-refractivity contribution in [2.24, 2.45) is 0 Å². The number of hydrogen-bond acceptors (Lipinski definition) is 6. The summed E-state index contributed by atoms with van der Waals surface area (Å²) in [6.07, 6.45) is -0.596. The van der Waals surface area contributed by atoms with Crippen molar-refractivity contribution >= 4 is 0 Å². The van der Waals surface area contributed by atoms with E-state index in [2.05, 4.69) is 5.32 Å². The van der Waals surface area contributed by atoms with Gasteiger partial charge in [-0.3, -0.25) is 0 Å². The van der Waals surface area contributed by atoms with Crippen molar-refractivity contribution in [1.29, 1.82) is 0 Å². The molecule has 0 radical (unpaired) electrons. The van der Waals surface area contributed by atoms with E-state index in [4.69, 9.17) is 18.9 Å². The van der Waals surface area contributed by atoms with Gasteiger partial charge in [0, 0.05) is 13.1 Å². The molecule has 0 saturated carbocycles. The molecule has 1 unspecified atom stereocenters. The first-order chi connectivity index (χ1) is 11.7. The Morgan fingerprint density at radius 3 is 2.62 bits per heavy atom. The van der Waals surface area contributed by atoms with E-state index in [-0.39, 0.29) is 13.4 Å². The maximum atomic E-state index is 9.99. The number of hydrogen-bond donors (Lipinski definition) is 2. The van der Waals surface area contributed by atoms with Crippen LogP contribution in [0.1, 0.15) is 5.56 Å². The lowest BCUT2D eigenvalue weighted by Crippen LogP contribution is -2.31. The van der Waals surface area contributed by atoms with Crippen LogP contribution in [0.5, 0.6) is 23.0 Å². The Morgan fingerprint density at radius 1 is 1.08 bits per heavy atom. The topological polar surface area (TPSA) is 69.2 Å². The van der Waals surface area contributed by atoms with Crippen LogP contribution in [-0.4, -0.2) is 38.3 Å². The average Bonchev–Trinajstić information content (AvgIpc) is 3.08. The molecule has 0 aliphatic carbocycles. The minimum absolute atomic E-state index is 0.223. The molecule has 1 heterocycles. The predicted molar refractivity (Wildman–Crippen MR) is 88.8 cm³/mol. The van der Waals surface area contributed by atoms with Gasteiger partial charge in [-0.25, -0.2) is 0 Å². The zero-order valence-corrected chi connectivity index (χ0v) is 13.5. The third-order valence-corrected chi connectivity index (χ3v) is 3.65. The fourth-order valence-corrected chi connectivity index (χ4v) is 2.36. The molecule has 1 aliphatic rings. The lowest BCUT2D eigenvalue weighted by Gasteiger charge is -2.13. The third-order valence-electron chi connectivity index (χ3n) is 3.65. The zero-order chi connectivity index (χ0) is 16.8. The lowest BCUT2D eigenvalue weighted by molar-refractivity contribution is 0.106. The quantitative estimate of drug-likeness (QED) is 0.771. The van der Waals surface area contributed by atoms with Gasteiger partial charge in [0.05, 0.1) is 7.11 Å². The van der Waals surface area contributed by atoms with Crippen molar-refractivity contribution in [1.82, 2.24) is 5.32 Å². The lowest BCUT2D eigenvalue weighted by atomic mass is 10.2. The summed E-state index contributed by atoms with van der Waals surface area (Å²) in [5.74, 6) is 3.00. The number of ether oxygens (including phenoxy) is 4. The van der Waals surface area contributed by atoms with Crippen molar-refractivity contribution in [3.63, 3.8) is 0 Å². The average molecular weight is 331 g/mol. The largest absolute Gasteiger partial charge is 0.497 e. The van der Waals surface area contributed by atoms with E-state index < -0.39 is 6.10 Å².